The summed E-state index contributed by atoms with van der Waals surface area (Å²) in [6.45, 7) is 0.558. The molecule has 0 heterocycles. The number of halogens is 1. The summed E-state index contributed by atoms with van der Waals surface area (Å²) >= 11 is 0. The first kappa shape index (κ1) is 19.9. The second kappa shape index (κ2) is 8.66. The first-order valence-electron chi connectivity index (χ1n) is 7.66. The van der Waals surface area contributed by atoms with Crippen LogP contribution in [-0.2, 0) is 21.1 Å². The third-order valence-electron chi connectivity index (χ3n) is 4.28. The third kappa shape index (κ3) is 6.12. The number of carbonyl (C=O) groups is 1. The van der Waals surface area contributed by atoms with Crippen LogP contribution in [0.2, 0.25) is 0 Å². The van der Waals surface area contributed by atoms with Crippen LogP contribution < -0.4 is 11.1 Å². The minimum atomic E-state index is -2.95. The Balaban J connectivity index is 0.00000264. The van der Waals surface area contributed by atoms with Crippen LogP contribution in [-0.4, -0.2) is 32.9 Å². The number of nitrogens with two attached hydrogens (primary N) is 1. The van der Waals surface area contributed by atoms with Crippen molar-refractivity contribution in [3.63, 3.8) is 0 Å². The van der Waals surface area contributed by atoms with E-state index in [2.05, 4.69) is 5.32 Å². The van der Waals surface area contributed by atoms with E-state index in [9.17, 15) is 13.2 Å². The summed E-state index contributed by atoms with van der Waals surface area (Å²) in [5.74, 6) is 0.472. The molecule has 7 heteroatoms. The Hall–Kier alpha value is -1.11. The normalized spacial score (nSPS) is 20.8. The number of aryl methyl sites for hydroxylation is 1. The van der Waals surface area contributed by atoms with Crippen LogP contribution in [0.1, 0.15) is 24.8 Å². The lowest BCUT2D eigenvalue weighted by Crippen LogP contribution is -2.29. The lowest BCUT2D eigenvalue weighted by atomic mass is 9.95. The molecule has 23 heavy (non-hydrogen) atoms. The molecule has 1 aliphatic carbocycles. The van der Waals surface area contributed by atoms with Crippen molar-refractivity contribution in [2.75, 3.05) is 23.9 Å². The Morgan fingerprint density at radius 1 is 1.26 bits per heavy atom. The number of nitrogens with one attached hydrogen (secondary N) is 1. The fourth-order valence-corrected chi connectivity index (χ4v) is 3.56. The summed E-state index contributed by atoms with van der Waals surface area (Å²) < 4.78 is 22.3. The van der Waals surface area contributed by atoms with Crippen LogP contribution in [0, 0.1) is 11.8 Å². The molecule has 1 saturated carbocycles. The second-order valence-corrected chi connectivity index (χ2v) is 8.36. The number of carbonyl (C=O) groups excluding carboxylic acids is 1. The SMILES string of the molecule is CS(=O)(=O)CCc1ccc(NC(=O)[C@@H]2CCC[C@@H]2CN)cc1.Cl. The van der Waals surface area contributed by atoms with E-state index in [0.29, 0.717) is 13.0 Å². The second-order valence-electron chi connectivity index (χ2n) is 6.10. The van der Waals surface area contributed by atoms with E-state index in [1.165, 1.54) is 6.26 Å². The van der Waals surface area contributed by atoms with Gasteiger partial charge in [-0.1, -0.05) is 18.6 Å². The maximum Gasteiger partial charge on any atom is 0.227 e. The van der Waals surface area contributed by atoms with Crippen LogP contribution in [0.3, 0.4) is 0 Å². The predicted molar refractivity (Wildman–Crippen MR) is 95.6 cm³/mol. The molecule has 130 valence electrons. The smallest absolute Gasteiger partial charge is 0.227 e. The number of benzene rings is 1. The fourth-order valence-electron chi connectivity index (χ4n) is 2.96. The standard InChI is InChI=1S/C16H24N2O3S.ClH/c1-22(20,21)10-9-12-5-7-14(8-6-12)18-16(19)15-4-2-3-13(15)11-17;/h5-8,13,15H,2-4,9-11,17H2,1H3,(H,18,19);1H/t13-,15-;/m1./s1. The van der Waals surface area contributed by atoms with Gasteiger partial charge in [0.1, 0.15) is 9.84 Å². The first-order chi connectivity index (χ1) is 10.4. The van der Waals surface area contributed by atoms with E-state index >= 15 is 0 Å². The van der Waals surface area contributed by atoms with Gasteiger partial charge < -0.3 is 11.1 Å². The quantitative estimate of drug-likeness (QED) is 0.812. The monoisotopic (exact) mass is 360 g/mol. The highest BCUT2D eigenvalue weighted by Gasteiger charge is 2.31. The molecule has 2 atom stereocenters. The molecule has 5 nitrogen and oxygen atoms in total. The molecule has 0 bridgehead atoms. The van der Waals surface area contributed by atoms with E-state index in [-0.39, 0.29) is 35.9 Å². The largest absolute Gasteiger partial charge is 0.330 e. The van der Waals surface area contributed by atoms with Crippen molar-refractivity contribution in [2.45, 2.75) is 25.7 Å². The van der Waals surface area contributed by atoms with Gasteiger partial charge in [-0.2, -0.15) is 0 Å². The highest BCUT2D eigenvalue weighted by molar-refractivity contribution is 7.90. The minimum absolute atomic E-state index is 0. The van der Waals surface area contributed by atoms with Crippen molar-refractivity contribution in [2.24, 2.45) is 17.6 Å². The zero-order valence-corrected chi connectivity index (χ0v) is 15.0. The van der Waals surface area contributed by atoms with Crippen molar-refractivity contribution >= 4 is 33.8 Å². The van der Waals surface area contributed by atoms with E-state index in [1.807, 2.05) is 24.3 Å². The minimum Gasteiger partial charge on any atom is -0.330 e. The van der Waals surface area contributed by atoms with E-state index in [0.717, 1.165) is 30.5 Å². The Labute approximate surface area is 144 Å². The summed E-state index contributed by atoms with van der Waals surface area (Å²) in [4.78, 5) is 12.3. The van der Waals surface area contributed by atoms with Gasteiger partial charge in [0.05, 0.1) is 5.75 Å². The van der Waals surface area contributed by atoms with Crippen LogP contribution >= 0.6 is 12.4 Å². The Kier molecular flexibility index (Phi) is 7.51. The van der Waals surface area contributed by atoms with Crippen molar-refractivity contribution in [3.8, 4) is 0 Å². The number of sulfone groups is 1. The van der Waals surface area contributed by atoms with Gasteiger partial charge >= 0.3 is 0 Å². The number of hydrogen-bond acceptors (Lipinski definition) is 4. The summed E-state index contributed by atoms with van der Waals surface area (Å²) in [5.41, 5.74) is 7.41. The lowest BCUT2D eigenvalue weighted by molar-refractivity contribution is -0.120. The highest BCUT2D eigenvalue weighted by atomic mass is 35.5. The van der Waals surface area contributed by atoms with Crippen LogP contribution in [0.5, 0.6) is 0 Å². The molecule has 0 aromatic heterocycles. The van der Waals surface area contributed by atoms with E-state index in [4.69, 9.17) is 5.73 Å². The molecule has 0 saturated heterocycles. The van der Waals surface area contributed by atoms with Crippen LogP contribution in [0.4, 0.5) is 5.69 Å². The fraction of sp³-hybridized carbons (Fsp3) is 0.562. The average Bonchev–Trinajstić information content (AvgIpc) is 2.94. The molecule has 0 spiro atoms. The average molecular weight is 361 g/mol. The maximum absolute atomic E-state index is 12.3. The van der Waals surface area contributed by atoms with Crippen LogP contribution in [0.15, 0.2) is 24.3 Å². The van der Waals surface area contributed by atoms with E-state index in [1.54, 1.807) is 0 Å². The number of hydrogen-bond donors (Lipinski definition) is 2. The highest BCUT2D eigenvalue weighted by Crippen LogP contribution is 2.31. The van der Waals surface area contributed by atoms with Gasteiger partial charge in [-0.15, -0.1) is 12.4 Å². The van der Waals surface area contributed by atoms with Gasteiger partial charge in [-0.3, -0.25) is 4.79 Å². The molecule has 1 aliphatic rings. The molecule has 1 aromatic carbocycles. The van der Waals surface area contributed by atoms with Crippen molar-refractivity contribution in [1.29, 1.82) is 0 Å². The van der Waals surface area contributed by atoms with Gasteiger partial charge in [0.15, 0.2) is 0 Å². The van der Waals surface area contributed by atoms with Gasteiger partial charge in [-0.25, -0.2) is 8.42 Å². The van der Waals surface area contributed by atoms with E-state index < -0.39 is 9.84 Å². The van der Waals surface area contributed by atoms with Gasteiger partial charge in [0, 0.05) is 17.9 Å². The first-order valence-corrected chi connectivity index (χ1v) is 9.72. The van der Waals surface area contributed by atoms with Gasteiger partial charge in [-0.05, 0) is 49.4 Å². The molecular weight excluding hydrogens is 336 g/mol. The van der Waals surface area contributed by atoms with Gasteiger partial charge in [0.25, 0.3) is 0 Å². The van der Waals surface area contributed by atoms with Gasteiger partial charge in [0.2, 0.25) is 5.91 Å². The molecular formula is C16H25ClN2O3S. The molecule has 1 amide bonds. The zero-order valence-electron chi connectivity index (χ0n) is 13.3. The Morgan fingerprint density at radius 3 is 2.48 bits per heavy atom. The number of rotatable bonds is 6. The molecule has 0 unspecified atom stereocenters. The molecule has 0 aliphatic heterocycles. The topological polar surface area (TPSA) is 89.3 Å². The third-order valence-corrected chi connectivity index (χ3v) is 5.23. The Bertz CT molecular complexity index is 617. The summed E-state index contributed by atoms with van der Waals surface area (Å²) in [6.07, 6.45) is 4.71. The molecule has 1 aromatic rings. The van der Waals surface area contributed by atoms with Crippen molar-refractivity contribution in [1.82, 2.24) is 0 Å². The zero-order chi connectivity index (χ0) is 16.2. The van der Waals surface area contributed by atoms with Crippen LogP contribution in [0.25, 0.3) is 0 Å². The number of anilines is 1. The van der Waals surface area contributed by atoms with Crippen molar-refractivity contribution in [3.05, 3.63) is 29.8 Å². The number of amides is 1. The molecule has 2 rings (SSSR count). The predicted octanol–water partition coefficient (Wildman–Crippen LogP) is 2.01. The molecule has 1 fully saturated rings. The molecule has 3 N–H and O–H groups in total. The summed E-state index contributed by atoms with van der Waals surface area (Å²) in [7, 11) is -2.95. The summed E-state index contributed by atoms with van der Waals surface area (Å²) in [5, 5.41) is 2.93. The Morgan fingerprint density at radius 2 is 1.91 bits per heavy atom. The molecule has 0 radical (unpaired) electrons. The van der Waals surface area contributed by atoms with Crippen molar-refractivity contribution < 1.29 is 13.2 Å². The maximum atomic E-state index is 12.3. The lowest BCUT2D eigenvalue weighted by Gasteiger charge is -2.17. The summed E-state index contributed by atoms with van der Waals surface area (Å²) in [6, 6.07) is 7.36.